The zero-order valence-corrected chi connectivity index (χ0v) is 19.4. The number of esters is 1. The number of carbonyl (C=O) groups excluding carboxylic acids is 1. The van der Waals surface area contributed by atoms with Gasteiger partial charge in [-0.05, 0) is 69.8 Å². The summed E-state index contributed by atoms with van der Waals surface area (Å²) in [5.41, 5.74) is 2.66. The van der Waals surface area contributed by atoms with E-state index in [-0.39, 0.29) is 11.5 Å². The van der Waals surface area contributed by atoms with Gasteiger partial charge < -0.3 is 14.8 Å². The van der Waals surface area contributed by atoms with Gasteiger partial charge >= 0.3 is 5.97 Å². The highest BCUT2D eigenvalue weighted by atomic mass is 16.5. The Morgan fingerprint density at radius 3 is 2.17 bits per heavy atom. The van der Waals surface area contributed by atoms with Crippen LogP contribution in [0.1, 0.15) is 96.1 Å². The zero-order chi connectivity index (χ0) is 21.5. The molecule has 1 atom stereocenters. The van der Waals surface area contributed by atoms with Crippen LogP contribution in [-0.4, -0.2) is 26.2 Å². The fourth-order valence-corrected chi connectivity index (χ4v) is 3.85. The summed E-state index contributed by atoms with van der Waals surface area (Å²) in [6.07, 6.45) is 11.3. The zero-order valence-electron chi connectivity index (χ0n) is 19.4. The van der Waals surface area contributed by atoms with Gasteiger partial charge in [0.25, 0.3) is 0 Å². The summed E-state index contributed by atoms with van der Waals surface area (Å²) in [6, 6.07) is 6.38. The van der Waals surface area contributed by atoms with Crippen LogP contribution in [0, 0.1) is 6.92 Å². The molecule has 0 radical (unpaired) electrons. The lowest BCUT2D eigenvalue weighted by Gasteiger charge is -2.32. The number of aryl methyl sites for hydroxylation is 1. The van der Waals surface area contributed by atoms with Crippen LogP contribution in [0.5, 0.6) is 5.75 Å². The summed E-state index contributed by atoms with van der Waals surface area (Å²) in [4.78, 5) is 11.3. The number of hydrogen-bond acceptors (Lipinski definition) is 4. The van der Waals surface area contributed by atoms with Crippen molar-refractivity contribution in [3.05, 3.63) is 29.3 Å². The van der Waals surface area contributed by atoms with Crippen molar-refractivity contribution in [3.63, 3.8) is 0 Å². The average Bonchev–Trinajstić information content (AvgIpc) is 2.71. The SMILES string of the molecule is CCOC(=O)CCCCCCCCCCNC(C)(CC)c1ccc(OC)cc1C. The first-order chi connectivity index (χ1) is 14.0. The fourth-order valence-electron chi connectivity index (χ4n) is 3.85. The monoisotopic (exact) mass is 405 g/mol. The van der Waals surface area contributed by atoms with Crippen LogP contribution in [0.25, 0.3) is 0 Å². The van der Waals surface area contributed by atoms with E-state index < -0.39 is 0 Å². The van der Waals surface area contributed by atoms with Crippen molar-refractivity contribution in [2.45, 2.75) is 97.4 Å². The van der Waals surface area contributed by atoms with Gasteiger partial charge in [0.1, 0.15) is 5.75 Å². The molecule has 4 nitrogen and oxygen atoms in total. The standard InChI is InChI=1S/C25H43NO3/c1-6-25(4,23-18-17-22(28-5)20-21(23)3)26-19-15-13-11-9-8-10-12-14-16-24(27)29-7-2/h17-18,20,26H,6-16,19H2,1-5H3. The third-order valence-corrected chi connectivity index (χ3v) is 5.86. The Labute approximate surface area is 178 Å². The highest BCUT2D eigenvalue weighted by molar-refractivity contribution is 5.69. The lowest BCUT2D eigenvalue weighted by atomic mass is 9.86. The predicted octanol–water partition coefficient (Wildman–Crippen LogP) is 6.29. The highest BCUT2D eigenvalue weighted by Gasteiger charge is 2.25. The molecule has 0 aromatic heterocycles. The van der Waals surface area contributed by atoms with Gasteiger partial charge in [-0.3, -0.25) is 4.79 Å². The van der Waals surface area contributed by atoms with Crippen LogP contribution < -0.4 is 10.1 Å². The van der Waals surface area contributed by atoms with Crippen molar-refractivity contribution < 1.29 is 14.3 Å². The first-order valence-electron chi connectivity index (χ1n) is 11.5. The van der Waals surface area contributed by atoms with Gasteiger partial charge in [0, 0.05) is 12.0 Å². The van der Waals surface area contributed by atoms with Crippen molar-refractivity contribution in [1.82, 2.24) is 5.32 Å². The first kappa shape index (κ1) is 25.5. The molecule has 4 heteroatoms. The van der Waals surface area contributed by atoms with Crippen LogP contribution in [0.3, 0.4) is 0 Å². The molecular weight excluding hydrogens is 362 g/mol. The summed E-state index contributed by atoms with van der Waals surface area (Å²) in [5, 5.41) is 3.80. The molecule has 1 aromatic rings. The van der Waals surface area contributed by atoms with Gasteiger partial charge in [-0.25, -0.2) is 0 Å². The molecule has 0 bridgehead atoms. The molecule has 29 heavy (non-hydrogen) atoms. The van der Waals surface area contributed by atoms with Crippen LogP contribution >= 0.6 is 0 Å². The summed E-state index contributed by atoms with van der Waals surface area (Å²) in [6.45, 7) is 10.1. The van der Waals surface area contributed by atoms with E-state index in [9.17, 15) is 4.79 Å². The lowest BCUT2D eigenvalue weighted by molar-refractivity contribution is -0.143. The molecule has 0 saturated carbocycles. The van der Waals surface area contributed by atoms with E-state index in [1.54, 1.807) is 7.11 Å². The molecule has 1 unspecified atom stereocenters. The van der Waals surface area contributed by atoms with Gasteiger partial charge in [-0.15, -0.1) is 0 Å². The molecule has 0 spiro atoms. The maximum Gasteiger partial charge on any atom is 0.305 e. The van der Waals surface area contributed by atoms with Crippen LogP contribution in [0.2, 0.25) is 0 Å². The van der Waals surface area contributed by atoms with E-state index in [1.807, 2.05) is 6.92 Å². The molecule has 0 aliphatic heterocycles. The third-order valence-electron chi connectivity index (χ3n) is 5.86. The van der Waals surface area contributed by atoms with Gasteiger partial charge in [0.2, 0.25) is 0 Å². The predicted molar refractivity (Wildman–Crippen MR) is 122 cm³/mol. The Kier molecular flexibility index (Phi) is 12.7. The van der Waals surface area contributed by atoms with E-state index in [0.29, 0.717) is 13.0 Å². The summed E-state index contributed by atoms with van der Waals surface area (Å²) >= 11 is 0. The molecule has 1 N–H and O–H groups in total. The Balaban J connectivity index is 2.16. The maximum atomic E-state index is 11.3. The second kappa shape index (κ2) is 14.4. The number of ether oxygens (including phenoxy) is 2. The van der Waals surface area contributed by atoms with E-state index in [2.05, 4.69) is 44.3 Å². The van der Waals surface area contributed by atoms with Crippen LogP contribution in [-0.2, 0) is 15.1 Å². The number of hydrogen-bond donors (Lipinski definition) is 1. The minimum Gasteiger partial charge on any atom is -0.497 e. The molecule has 0 heterocycles. The molecular formula is C25H43NO3. The van der Waals surface area contributed by atoms with Crippen molar-refractivity contribution >= 4 is 5.97 Å². The third kappa shape index (κ3) is 9.66. The second-order valence-electron chi connectivity index (χ2n) is 8.18. The normalized spacial score (nSPS) is 13.1. The largest absolute Gasteiger partial charge is 0.497 e. The molecule has 0 saturated heterocycles. The molecule has 0 aliphatic carbocycles. The second-order valence-corrected chi connectivity index (χ2v) is 8.18. The smallest absolute Gasteiger partial charge is 0.305 e. The maximum absolute atomic E-state index is 11.3. The summed E-state index contributed by atoms with van der Waals surface area (Å²) in [7, 11) is 1.72. The van der Waals surface area contributed by atoms with Gasteiger partial charge in [-0.2, -0.15) is 0 Å². The van der Waals surface area contributed by atoms with E-state index in [1.165, 1.54) is 49.7 Å². The summed E-state index contributed by atoms with van der Waals surface area (Å²) in [5.74, 6) is 0.870. The van der Waals surface area contributed by atoms with Gasteiger partial charge in [0.15, 0.2) is 0 Å². The number of nitrogens with one attached hydrogen (secondary N) is 1. The minimum atomic E-state index is -0.0519. The number of carbonyl (C=O) groups is 1. The number of unbranched alkanes of at least 4 members (excludes halogenated alkanes) is 7. The Morgan fingerprint density at radius 1 is 1.00 bits per heavy atom. The molecule has 166 valence electrons. The minimum absolute atomic E-state index is 0.00921. The number of methoxy groups -OCH3 is 1. The number of rotatable bonds is 16. The van der Waals surface area contributed by atoms with E-state index in [4.69, 9.17) is 9.47 Å². The lowest BCUT2D eigenvalue weighted by Crippen LogP contribution is -2.40. The quantitative estimate of drug-likeness (QED) is 0.259. The average molecular weight is 406 g/mol. The molecule has 1 rings (SSSR count). The molecule has 0 fully saturated rings. The van der Waals surface area contributed by atoms with Crippen molar-refractivity contribution in [2.75, 3.05) is 20.3 Å². The Morgan fingerprint density at radius 2 is 1.62 bits per heavy atom. The molecule has 1 aromatic carbocycles. The Bertz CT molecular complexity index is 587. The molecule has 0 amide bonds. The van der Waals surface area contributed by atoms with Gasteiger partial charge in [0.05, 0.1) is 13.7 Å². The molecule has 0 aliphatic rings. The van der Waals surface area contributed by atoms with Crippen LogP contribution in [0.15, 0.2) is 18.2 Å². The highest BCUT2D eigenvalue weighted by Crippen LogP contribution is 2.29. The topological polar surface area (TPSA) is 47.6 Å². The van der Waals surface area contributed by atoms with Crippen molar-refractivity contribution in [3.8, 4) is 5.75 Å². The Hall–Kier alpha value is -1.55. The summed E-state index contributed by atoms with van der Waals surface area (Å²) < 4.78 is 10.3. The van der Waals surface area contributed by atoms with E-state index in [0.717, 1.165) is 31.6 Å². The number of benzene rings is 1. The van der Waals surface area contributed by atoms with Crippen molar-refractivity contribution in [1.29, 1.82) is 0 Å². The first-order valence-corrected chi connectivity index (χ1v) is 11.5. The fraction of sp³-hybridized carbons (Fsp3) is 0.720. The van der Waals surface area contributed by atoms with Crippen molar-refractivity contribution in [2.24, 2.45) is 0 Å². The van der Waals surface area contributed by atoms with E-state index >= 15 is 0 Å². The van der Waals surface area contributed by atoms with Gasteiger partial charge in [-0.1, -0.05) is 51.5 Å². The van der Waals surface area contributed by atoms with Crippen LogP contribution in [0.4, 0.5) is 0 Å².